The van der Waals surface area contributed by atoms with Crippen LogP contribution in [0, 0.1) is 0 Å². The molecule has 0 radical (unpaired) electrons. The van der Waals surface area contributed by atoms with Crippen molar-refractivity contribution in [3.8, 4) is 0 Å². The largest absolute Gasteiger partial charge is 0.395 e. The Kier molecular flexibility index (Phi) is 3.30. The molecular formula is C12H14BrNO2. The van der Waals surface area contributed by atoms with Crippen LogP contribution in [0.3, 0.4) is 0 Å². The quantitative estimate of drug-likeness (QED) is 0.882. The Morgan fingerprint density at radius 2 is 2.25 bits per heavy atom. The lowest BCUT2D eigenvalue weighted by Gasteiger charge is -2.15. The Labute approximate surface area is 103 Å². The van der Waals surface area contributed by atoms with E-state index in [1.165, 1.54) is 0 Å². The average molecular weight is 284 g/mol. The summed E-state index contributed by atoms with van der Waals surface area (Å²) in [5.74, 6) is 0.0275. The van der Waals surface area contributed by atoms with E-state index in [1.807, 2.05) is 24.3 Å². The molecule has 1 fully saturated rings. The fraction of sp³-hybridized carbons (Fsp3) is 0.417. The SMILES string of the molecule is O=C(NCCO)C1(c2cccc(Br)c2)CC1. The molecule has 1 aliphatic carbocycles. The van der Waals surface area contributed by atoms with E-state index in [-0.39, 0.29) is 17.9 Å². The number of halogens is 1. The van der Waals surface area contributed by atoms with Crippen molar-refractivity contribution >= 4 is 21.8 Å². The van der Waals surface area contributed by atoms with Crippen molar-refractivity contribution in [1.29, 1.82) is 0 Å². The predicted octanol–water partition coefficient (Wildman–Crippen LogP) is 1.59. The van der Waals surface area contributed by atoms with E-state index < -0.39 is 0 Å². The second-order valence-electron chi connectivity index (χ2n) is 4.07. The minimum absolute atomic E-state index is 0.0136. The molecule has 1 amide bonds. The monoisotopic (exact) mass is 283 g/mol. The number of amides is 1. The van der Waals surface area contributed by atoms with E-state index >= 15 is 0 Å². The van der Waals surface area contributed by atoms with Crippen molar-refractivity contribution in [2.24, 2.45) is 0 Å². The lowest BCUT2D eigenvalue weighted by atomic mass is 9.95. The Balaban J connectivity index is 2.16. The Morgan fingerprint density at radius 3 is 2.81 bits per heavy atom. The number of aliphatic hydroxyl groups is 1. The summed E-state index contributed by atoms with van der Waals surface area (Å²) in [6, 6.07) is 7.87. The molecule has 2 N–H and O–H groups in total. The first-order valence-corrected chi connectivity index (χ1v) is 6.13. The first-order valence-electron chi connectivity index (χ1n) is 5.34. The minimum Gasteiger partial charge on any atom is -0.395 e. The van der Waals surface area contributed by atoms with Crippen molar-refractivity contribution in [1.82, 2.24) is 5.32 Å². The van der Waals surface area contributed by atoms with Crippen LogP contribution in [-0.4, -0.2) is 24.2 Å². The zero-order valence-electron chi connectivity index (χ0n) is 8.87. The highest BCUT2D eigenvalue weighted by molar-refractivity contribution is 9.10. The minimum atomic E-state index is -0.348. The summed E-state index contributed by atoms with van der Waals surface area (Å²) in [5, 5.41) is 11.4. The van der Waals surface area contributed by atoms with E-state index in [2.05, 4.69) is 21.2 Å². The Bertz CT molecular complexity index is 402. The molecule has 0 heterocycles. The van der Waals surface area contributed by atoms with Gasteiger partial charge in [-0.2, -0.15) is 0 Å². The number of rotatable bonds is 4. The van der Waals surface area contributed by atoms with E-state index in [0.717, 1.165) is 22.9 Å². The maximum atomic E-state index is 12.0. The lowest BCUT2D eigenvalue weighted by molar-refractivity contribution is -0.123. The molecule has 0 spiro atoms. The first kappa shape index (κ1) is 11.6. The highest BCUT2D eigenvalue weighted by Crippen LogP contribution is 2.48. The Morgan fingerprint density at radius 1 is 1.50 bits per heavy atom. The number of carbonyl (C=O) groups is 1. The number of benzene rings is 1. The number of hydrogen-bond donors (Lipinski definition) is 2. The standard InChI is InChI=1S/C12H14BrNO2/c13-10-3-1-2-9(8-10)12(4-5-12)11(16)14-6-7-15/h1-3,8,15H,4-7H2,(H,14,16). The summed E-state index contributed by atoms with van der Waals surface area (Å²) in [6.07, 6.45) is 1.78. The van der Waals surface area contributed by atoms with Gasteiger partial charge in [0.1, 0.15) is 0 Å². The average Bonchev–Trinajstić information content (AvgIpc) is 3.07. The second kappa shape index (κ2) is 4.55. The highest BCUT2D eigenvalue weighted by Gasteiger charge is 2.51. The molecule has 0 atom stereocenters. The maximum Gasteiger partial charge on any atom is 0.230 e. The number of aliphatic hydroxyl groups excluding tert-OH is 1. The van der Waals surface area contributed by atoms with Gasteiger partial charge in [-0.1, -0.05) is 28.1 Å². The summed E-state index contributed by atoms with van der Waals surface area (Å²) in [7, 11) is 0. The van der Waals surface area contributed by atoms with Crippen LogP contribution in [0.5, 0.6) is 0 Å². The van der Waals surface area contributed by atoms with Gasteiger partial charge in [0.25, 0.3) is 0 Å². The molecule has 1 aromatic rings. The molecule has 1 aromatic carbocycles. The number of hydrogen-bond acceptors (Lipinski definition) is 2. The van der Waals surface area contributed by atoms with Crippen LogP contribution < -0.4 is 5.32 Å². The molecule has 0 aliphatic heterocycles. The van der Waals surface area contributed by atoms with Crippen LogP contribution in [0.4, 0.5) is 0 Å². The van der Waals surface area contributed by atoms with Crippen LogP contribution in [0.25, 0.3) is 0 Å². The molecule has 4 heteroatoms. The highest BCUT2D eigenvalue weighted by atomic mass is 79.9. The van der Waals surface area contributed by atoms with Gasteiger partial charge in [-0.15, -0.1) is 0 Å². The third-order valence-electron chi connectivity index (χ3n) is 2.96. The van der Waals surface area contributed by atoms with Crippen LogP contribution in [0.1, 0.15) is 18.4 Å². The molecule has 86 valence electrons. The van der Waals surface area contributed by atoms with E-state index in [9.17, 15) is 4.79 Å². The van der Waals surface area contributed by atoms with Gasteiger partial charge in [-0.25, -0.2) is 0 Å². The van der Waals surface area contributed by atoms with Crippen LogP contribution in [-0.2, 0) is 10.2 Å². The Hall–Kier alpha value is -0.870. The van der Waals surface area contributed by atoms with Crippen LogP contribution in [0.15, 0.2) is 28.7 Å². The predicted molar refractivity (Wildman–Crippen MR) is 65.1 cm³/mol. The third kappa shape index (κ3) is 2.13. The van der Waals surface area contributed by atoms with Gasteiger partial charge < -0.3 is 10.4 Å². The van der Waals surface area contributed by atoms with Gasteiger partial charge in [0.2, 0.25) is 5.91 Å². The van der Waals surface area contributed by atoms with Crippen LogP contribution >= 0.6 is 15.9 Å². The summed E-state index contributed by atoms with van der Waals surface area (Å²) >= 11 is 3.41. The first-order chi connectivity index (χ1) is 7.69. The van der Waals surface area contributed by atoms with Crippen molar-refractivity contribution in [2.45, 2.75) is 18.3 Å². The van der Waals surface area contributed by atoms with E-state index in [0.29, 0.717) is 6.54 Å². The summed E-state index contributed by atoms with van der Waals surface area (Å²) < 4.78 is 0.992. The second-order valence-corrected chi connectivity index (χ2v) is 4.99. The molecule has 0 aromatic heterocycles. The molecule has 3 nitrogen and oxygen atoms in total. The zero-order valence-corrected chi connectivity index (χ0v) is 10.5. The van der Waals surface area contributed by atoms with Gasteiger partial charge in [0.05, 0.1) is 12.0 Å². The van der Waals surface area contributed by atoms with Crippen LogP contribution in [0.2, 0.25) is 0 Å². The molecular weight excluding hydrogens is 270 g/mol. The van der Waals surface area contributed by atoms with Crippen molar-refractivity contribution in [2.75, 3.05) is 13.2 Å². The maximum absolute atomic E-state index is 12.0. The molecule has 0 unspecified atom stereocenters. The van der Waals surface area contributed by atoms with Crippen molar-refractivity contribution in [3.05, 3.63) is 34.3 Å². The van der Waals surface area contributed by atoms with E-state index in [1.54, 1.807) is 0 Å². The molecule has 1 saturated carbocycles. The summed E-state index contributed by atoms with van der Waals surface area (Å²) in [6.45, 7) is 0.314. The van der Waals surface area contributed by atoms with Crippen molar-refractivity contribution in [3.63, 3.8) is 0 Å². The van der Waals surface area contributed by atoms with Crippen molar-refractivity contribution < 1.29 is 9.90 Å². The molecule has 2 rings (SSSR count). The number of nitrogens with one attached hydrogen (secondary N) is 1. The van der Waals surface area contributed by atoms with Gasteiger partial charge in [-0.3, -0.25) is 4.79 Å². The topological polar surface area (TPSA) is 49.3 Å². The molecule has 16 heavy (non-hydrogen) atoms. The van der Waals surface area contributed by atoms with Gasteiger partial charge in [0.15, 0.2) is 0 Å². The molecule has 1 aliphatic rings. The van der Waals surface area contributed by atoms with Gasteiger partial charge in [-0.05, 0) is 30.5 Å². The van der Waals surface area contributed by atoms with E-state index in [4.69, 9.17) is 5.11 Å². The summed E-state index contributed by atoms with van der Waals surface area (Å²) in [4.78, 5) is 12.0. The lowest BCUT2D eigenvalue weighted by Crippen LogP contribution is -2.36. The molecule has 0 bridgehead atoms. The molecule has 0 saturated heterocycles. The fourth-order valence-corrected chi connectivity index (χ4v) is 2.30. The normalized spacial score (nSPS) is 16.9. The number of carbonyl (C=O) groups excluding carboxylic acids is 1. The van der Waals surface area contributed by atoms with Gasteiger partial charge >= 0.3 is 0 Å². The smallest absolute Gasteiger partial charge is 0.230 e. The van der Waals surface area contributed by atoms with Gasteiger partial charge in [0, 0.05) is 11.0 Å². The fourth-order valence-electron chi connectivity index (χ4n) is 1.90. The third-order valence-corrected chi connectivity index (χ3v) is 3.45. The summed E-state index contributed by atoms with van der Waals surface area (Å²) in [5.41, 5.74) is 0.705. The zero-order chi connectivity index (χ0) is 11.6.